The van der Waals surface area contributed by atoms with Crippen LogP contribution in [0, 0.1) is 5.92 Å². The van der Waals surface area contributed by atoms with Gasteiger partial charge in [-0.15, -0.1) is 0 Å². The molecule has 6 nitrogen and oxygen atoms in total. The number of aliphatic carboxylic acids is 1. The molecule has 1 aromatic carbocycles. The van der Waals surface area contributed by atoms with Crippen molar-refractivity contribution < 1.29 is 14.7 Å². The van der Waals surface area contributed by atoms with Crippen LogP contribution in [0.15, 0.2) is 24.3 Å². The lowest BCUT2D eigenvalue weighted by Crippen LogP contribution is -2.46. The number of carboxylic acids is 1. The summed E-state index contributed by atoms with van der Waals surface area (Å²) in [5.74, 6) is -1.47. The average molecular weight is 319 g/mol. The number of benzene rings is 1. The minimum atomic E-state index is -0.897. The average Bonchev–Trinajstić information content (AvgIpc) is 2.96. The van der Waals surface area contributed by atoms with E-state index in [1.165, 1.54) is 16.2 Å². The lowest BCUT2D eigenvalue weighted by molar-refractivity contribution is -0.141. The van der Waals surface area contributed by atoms with Crippen LogP contribution < -0.4 is 10.2 Å². The van der Waals surface area contributed by atoms with Gasteiger partial charge < -0.3 is 20.2 Å². The molecule has 0 aromatic heterocycles. The molecule has 126 valence electrons. The Morgan fingerprint density at radius 3 is 2.74 bits per heavy atom. The fraction of sp³-hybridized carbons (Fsp3) is 0.529. The van der Waals surface area contributed by atoms with E-state index in [0.717, 1.165) is 13.0 Å². The molecule has 1 aliphatic rings. The summed E-state index contributed by atoms with van der Waals surface area (Å²) < 4.78 is 0. The molecular weight excluding hydrogens is 294 g/mol. The summed E-state index contributed by atoms with van der Waals surface area (Å²) in [5, 5.41) is 11.8. The van der Waals surface area contributed by atoms with Crippen molar-refractivity contribution in [2.75, 3.05) is 31.6 Å². The predicted octanol–water partition coefficient (Wildman–Crippen LogP) is 1.80. The van der Waals surface area contributed by atoms with E-state index in [1.54, 1.807) is 14.0 Å². The molecule has 2 amide bonds. The van der Waals surface area contributed by atoms with Crippen molar-refractivity contribution >= 4 is 17.7 Å². The zero-order valence-electron chi connectivity index (χ0n) is 14.0. The summed E-state index contributed by atoms with van der Waals surface area (Å²) in [4.78, 5) is 26.6. The summed E-state index contributed by atoms with van der Waals surface area (Å²) in [6.07, 6.45) is 1.03. The molecule has 2 unspecified atom stereocenters. The number of rotatable bonds is 6. The van der Waals surface area contributed by atoms with Crippen LogP contribution in [0.4, 0.5) is 10.5 Å². The zero-order chi connectivity index (χ0) is 17.0. The van der Waals surface area contributed by atoms with Gasteiger partial charge in [0, 0.05) is 38.4 Å². The van der Waals surface area contributed by atoms with Gasteiger partial charge in [-0.05, 0) is 25.0 Å². The van der Waals surface area contributed by atoms with Crippen molar-refractivity contribution in [3.63, 3.8) is 0 Å². The van der Waals surface area contributed by atoms with Gasteiger partial charge in [0.25, 0.3) is 0 Å². The fourth-order valence-electron chi connectivity index (χ4n) is 2.87. The molecular formula is C17H25N3O3. The van der Waals surface area contributed by atoms with Gasteiger partial charge in [0.2, 0.25) is 0 Å². The molecule has 1 aromatic rings. The normalized spacial score (nSPS) is 15.7. The Morgan fingerprint density at radius 1 is 1.35 bits per heavy atom. The van der Waals surface area contributed by atoms with E-state index in [9.17, 15) is 9.59 Å². The summed E-state index contributed by atoms with van der Waals surface area (Å²) in [6.45, 7) is 5.36. The fourth-order valence-corrected chi connectivity index (χ4v) is 2.87. The third-order valence-corrected chi connectivity index (χ3v) is 4.32. The molecule has 0 fully saturated rings. The SMILES string of the molecule is CC(CN(C)C(=O)NCC(C)N1CCc2ccccc21)C(=O)O. The van der Waals surface area contributed by atoms with Crippen LogP contribution >= 0.6 is 0 Å². The lowest BCUT2D eigenvalue weighted by atomic mass is 10.2. The minimum absolute atomic E-state index is 0.188. The number of urea groups is 1. The van der Waals surface area contributed by atoms with Gasteiger partial charge in [-0.25, -0.2) is 4.79 Å². The van der Waals surface area contributed by atoms with Crippen molar-refractivity contribution in [2.24, 2.45) is 5.92 Å². The molecule has 0 radical (unpaired) electrons. The minimum Gasteiger partial charge on any atom is -0.481 e. The van der Waals surface area contributed by atoms with Crippen molar-refractivity contribution in [3.05, 3.63) is 29.8 Å². The molecule has 2 N–H and O–H groups in total. The smallest absolute Gasteiger partial charge is 0.317 e. The Hall–Kier alpha value is -2.24. The highest BCUT2D eigenvalue weighted by atomic mass is 16.4. The van der Waals surface area contributed by atoms with Gasteiger partial charge in [0.15, 0.2) is 0 Å². The van der Waals surface area contributed by atoms with Gasteiger partial charge in [-0.3, -0.25) is 4.79 Å². The number of hydrogen-bond donors (Lipinski definition) is 2. The molecule has 0 saturated heterocycles. The van der Waals surface area contributed by atoms with E-state index < -0.39 is 11.9 Å². The molecule has 2 rings (SSSR count). The highest BCUT2D eigenvalue weighted by Crippen LogP contribution is 2.28. The summed E-state index contributed by atoms with van der Waals surface area (Å²) >= 11 is 0. The van der Waals surface area contributed by atoms with Crippen molar-refractivity contribution in [1.82, 2.24) is 10.2 Å². The monoisotopic (exact) mass is 319 g/mol. The lowest BCUT2D eigenvalue weighted by Gasteiger charge is -2.28. The summed E-state index contributed by atoms with van der Waals surface area (Å²) in [7, 11) is 1.62. The number of carbonyl (C=O) groups excluding carboxylic acids is 1. The van der Waals surface area contributed by atoms with Gasteiger partial charge in [-0.2, -0.15) is 0 Å². The number of amides is 2. The highest BCUT2D eigenvalue weighted by Gasteiger charge is 2.24. The van der Waals surface area contributed by atoms with Crippen LogP contribution in [0.25, 0.3) is 0 Å². The maximum atomic E-state index is 12.1. The van der Waals surface area contributed by atoms with E-state index in [2.05, 4.69) is 29.3 Å². The summed E-state index contributed by atoms with van der Waals surface area (Å²) in [6, 6.07) is 8.28. The first kappa shape index (κ1) is 17.1. The molecule has 1 aliphatic heterocycles. The number of nitrogens with one attached hydrogen (secondary N) is 1. The predicted molar refractivity (Wildman–Crippen MR) is 89.8 cm³/mol. The molecule has 0 bridgehead atoms. The number of nitrogens with zero attached hydrogens (tertiary/aromatic N) is 2. The van der Waals surface area contributed by atoms with Crippen LogP contribution in [0.5, 0.6) is 0 Å². The Balaban J connectivity index is 1.84. The second kappa shape index (κ2) is 7.35. The third-order valence-electron chi connectivity index (χ3n) is 4.32. The van der Waals surface area contributed by atoms with Crippen LogP contribution in [-0.2, 0) is 11.2 Å². The number of carboxylic acid groups (broad SMARTS) is 1. The molecule has 6 heteroatoms. The van der Waals surface area contributed by atoms with Crippen molar-refractivity contribution in [2.45, 2.75) is 26.3 Å². The van der Waals surface area contributed by atoms with Crippen molar-refractivity contribution in [1.29, 1.82) is 0 Å². The van der Waals surface area contributed by atoms with Gasteiger partial charge in [0.05, 0.1) is 5.92 Å². The van der Waals surface area contributed by atoms with E-state index in [-0.39, 0.29) is 18.6 Å². The van der Waals surface area contributed by atoms with E-state index >= 15 is 0 Å². The maximum absolute atomic E-state index is 12.1. The molecule has 23 heavy (non-hydrogen) atoms. The van der Waals surface area contributed by atoms with Crippen LogP contribution in [0.3, 0.4) is 0 Å². The Morgan fingerprint density at radius 2 is 2.04 bits per heavy atom. The highest BCUT2D eigenvalue weighted by molar-refractivity contribution is 5.75. The number of para-hydroxylation sites is 1. The number of fused-ring (bicyclic) bond motifs is 1. The van der Waals surface area contributed by atoms with Gasteiger partial charge in [0.1, 0.15) is 0 Å². The van der Waals surface area contributed by atoms with E-state index in [1.807, 2.05) is 12.1 Å². The third kappa shape index (κ3) is 4.15. The first-order valence-electron chi connectivity index (χ1n) is 7.96. The molecule has 0 spiro atoms. The first-order chi connectivity index (χ1) is 10.9. The number of carbonyl (C=O) groups is 2. The number of anilines is 1. The molecule has 0 saturated carbocycles. The molecule has 1 heterocycles. The van der Waals surface area contributed by atoms with E-state index in [4.69, 9.17) is 5.11 Å². The quantitative estimate of drug-likeness (QED) is 0.838. The first-order valence-corrected chi connectivity index (χ1v) is 7.96. The standard InChI is InChI=1S/C17H25N3O3/c1-12(16(21)22)11-19(3)17(23)18-10-13(2)20-9-8-14-6-4-5-7-15(14)20/h4-7,12-13H,8-11H2,1-3H3,(H,18,23)(H,21,22). The van der Waals surface area contributed by atoms with Crippen LogP contribution in [0.1, 0.15) is 19.4 Å². The second-order valence-electron chi connectivity index (χ2n) is 6.23. The van der Waals surface area contributed by atoms with Gasteiger partial charge >= 0.3 is 12.0 Å². The molecule has 0 aliphatic carbocycles. The van der Waals surface area contributed by atoms with Crippen molar-refractivity contribution in [3.8, 4) is 0 Å². The molecule has 2 atom stereocenters. The zero-order valence-corrected chi connectivity index (χ0v) is 14.0. The largest absolute Gasteiger partial charge is 0.481 e. The Bertz CT molecular complexity index is 576. The number of hydrogen-bond acceptors (Lipinski definition) is 3. The second-order valence-corrected chi connectivity index (χ2v) is 6.23. The van der Waals surface area contributed by atoms with E-state index in [0.29, 0.717) is 6.54 Å². The Kier molecular flexibility index (Phi) is 5.47. The Labute approximate surface area is 137 Å². The van der Waals surface area contributed by atoms with Crippen LogP contribution in [0.2, 0.25) is 0 Å². The maximum Gasteiger partial charge on any atom is 0.317 e. The van der Waals surface area contributed by atoms with Crippen LogP contribution in [-0.4, -0.2) is 54.7 Å². The summed E-state index contributed by atoms with van der Waals surface area (Å²) in [5.41, 5.74) is 2.58. The van der Waals surface area contributed by atoms with Gasteiger partial charge in [-0.1, -0.05) is 25.1 Å². The topological polar surface area (TPSA) is 72.9 Å².